The first-order chi connectivity index (χ1) is 12.3. The van der Waals surface area contributed by atoms with Crippen molar-refractivity contribution in [3.05, 3.63) is 64.1 Å². The highest BCUT2D eigenvalue weighted by Crippen LogP contribution is 2.16. The normalized spacial score (nSPS) is 10.6. The van der Waals surface area contributed by atoms with E-state index in [1.807, 2.05) is 0 Å². The van der Waals surface area contributed by atoms with Gasteiger partial charge in [0.15, 0.2) is 5.58 Å². The maximum absolute atomic E-state index is 12.1. The number of carbonyl (C=O) groups is 3. The minimum atomic E-state index is -1.16. The quantitative estimate of drug-likeness (QED) is 0.631. The van der Waals surface area contributed by atoms with Crippen LogP contribution in [0.1, 0.15) is 20.7 Å². The zero-order valence-electron chi connectivity index (χ0n) is 13.1. The maximum atomic E-state index is 12.1. The number of nitrogens with one attached hydrogen (secondary N) is 1. The first-order valence-corrected chi connectivity index (χ1v) is 7.35. The number of carboxylic acid groups (broad SMARTS) is 2. The molecule has 9 nitrogen and oxygen atoms in total. The number of aromatic nitrogens is 1. The van der Waals surface area contributed by atoms with Gasteiger partial charge in [0.25, 0.3) is 0 Å². The van der Waals surface area contributed by atoms with E-state index in [2.05, 4.69) is 5.32 Å². The minimum Gasteiger partial charge on any atom is -0.478 e. The van der Waals surface area contributed by atoms with Gasteiger partial charge in [-0.3, -0.25) is 9.36 Å². The molecule has 0 unspecified atom stereocenters. The van der Waals surface area contributed by atoms with Crippen LogP contribution in [0.25, 0.3) is 11.1 Å². The average molecular weight is 356 g/mol. The number of aromatic carboxylic acids is 2. The summed E-state index contributed by atoms with van der Waals surface area (Å²) in [4.78, 5) is 45.8. The van der Waals surface area contributed by atoms with Crippen molar-refractivity contribution in [2.75, 3.05) is 5.32 Å². The second kappa shape index (κ2) is 6.55. The molecular formula is C17H12N2O7. The van der Waals surface area contributed by atoms with Gasteiger partial charge in [-0.05, 0) is 42.5 Å². The van der Waals surface area contributed by atoms with Crippen LogP contribution in [0.4, 0.5) is 5.69 Å². The summed E-state index contributed by atoms with van der Waals surface area (Å²) >= 11 is 0. The van der Waals surface area contributed by atoms with Crippen molar-refractivity contribution in [1.82, 2.24) is 4.57 Å². The molecule has 3 N–H and O–H groups in total. The van der Waals surface area contributed by atoms with E-state index in [-0.39, 0.29) is 28.8 Å². The zero-order chi connectivity index (χ0) is 18.8. The molecule has 132 valence electrons. The Balaban J connectivity index is 1.80. The average Bonchev–Trinajstić information content (AvgIpc) is 2.90. The molecule has 0 aliphatic heterocycles. The standard InChI is InChI=1S/C17H12N2O7/c20-14(18-11-4-1-9(2-5-11)15(21)22)8-19-12-6-3-10(16(23)24)7-13(12)26-17(19)25/h1-7H,8H2,(H,18,20)(H,21,22)(H,23,24). The lowest BCUT2D eigenvalue weighted by molar-refractivity contribution is -0.116. The van der Waals surface area contributed by atoms with Crippen molar-refractivity contribution in [3.8, 4) is 0 Å². The van der Waals surface area contributed by atoms with Gasteiger partial charge in [-0.25, -0.2) is 14.4 Å². The monoisotopic (exact) mass is 356 g/mol. The number of nitrogens with zero attached hydrogens (tertiary/aromatic N) is 1. The Morgan fingerprint density at radius 3 is 2.19 bits per heavy atom. The Labute approximate surface area is 145 Å². The highest BCUT2D eigenvalue weighted by atomic mass is 16.4. The first-order valence-electron chi connectivity index (χ1n) is 7.35. The van der Waals surface area contributed by atoms with E-state index in [1.54, 1.807) is 0 Å². The molecule has 1 heterocycles. The lowest BCUT2D eigenvalue weighted by Gasteiger charge is -2.06. The van der Waals surface area contributed by atoms with Crippen LogP contribution in [0.5, 0.6) is 0 Å². The Kier molecular flexibility index (Phi) is 4.27. The smallest absolute Gasteiger partial charge is 0.420 e. The van der Waals surface area contributed by atoms with Gasteiger partial charge in [-0.2, -0.15) is 0 Å². The number of carboxylic acids is 2. The number of fused-ring (bicyclic) bond motifs is 1. The third-order valence-electron chi connectivity index (χ3n) is 3.63. The molecule has 1 aromatic heterocycles. The molecule has 0 spiro atoms. The molecule has 0 radical (unpaired) electrons. The van der Waals surface area contributed by atoms with Gasteiger partial charge in [0, 0.05) is 5.69 Å². The summed E-state index contributed by atoms with van der Waals surface area (Å²) in [6, 6.07) is 9.43. The summed E-state index contributed by atoms with van der Waals surface area (Å²) in [5.74, 6) is -3.57. The third kappa shape index (κ3) is 3.31. The largest absolute Gasteiger partial charge is 0.478 e. The van der Waals surface area contributed by atoms with Crippen LogP contribution in [-0.4, -0.2) is 32.6 Å². The van der Waals surface area contributed by atoms with E-state index in [4.69, 9.17) is 14.6 Å². The van der Waals surface area contributed by atoms with E-state index in [9.17, 15) is 19.2 Å². The van der Waals surface area contributed by atoms with E-state index in [0.29, 0.717) is 5.69 Å². The number of amides is 1. The van der Waals surface area contributed by atoms with E-state index < -0.39 is 23.6 Å². The van der Waals surface area contributed by atoms with Gasteiger partial charge >= 0.3 is 17.7 Å². The number of carbonyl (C=O) groups excluding carboxylic acids is 1. The predicted molar refractivity (Wildman–Crippen MR) is 89.5 cm³/mol. The van der Waals surface area contributed by atoms with Gasteiger partial charge in [0.2, 0.25) is 5.91 Å². The molecule has 0 fully saturated rings. The van der Waals surface area contributed by atoms with E-state index >= 15 is 0 Å². The predicted octanol–water partition coefficient (Wildman–Crippen LogP) is 1.63. The molecule has 0 bridgehead atoms. The van der Waals surface area contributed by atoms with Crippen LogP contribution < -0.4 is 11.1 Å². The van der Waals surface area contributed by atoms with Gasteiger partial charge < -0.3 is 19.9 Å². The Morgan fingerprint density at radius 1 is 0.962 bits per heavy atom. The van der Waals surface area contributed by atoms with E-state index in [0.717, 1.165) is 4.57 Å². The van der Waals surface area contributed by atoms with E-state index in [1.165, 1.54) is 42.5 Å². The molecule has 0 aliphatic rings. The van der Waals surface area contributed by atoms with Gasteiger partial charge in [0.05, 0.1) is 16.6 Å². The molecule has 0 aliphatic carbocycles. The molecule has 1 amide bonds. The molecule has 3 aromatic rings. The van der Waals surface area contributed by atoms with Crippen LogP contribution in [0.15, 0.2) is 51.7 Å². The number of anilines is 1. The molecule has 9 heteroatoms. The van der Waals surface area contributed by atoms with Crippen molar-refractivity contribution < 1.29 is 29.0 Å². The fourth-order valence-electron chi connectivity index (χ4n) is 2.39. The highest BCUT2D eigenvalue weighted by molar-refractivity contribution is 5.94. The number of rotatable bonds is 5. The van der Waals surface area contributed by atoms with Crippen molar-refractivity contribution >= 4 is 34.6 Å². The van der Waals surface area contributed by atoms with Crippen molar-refractivity contribution in [1.29, 1.82) is 0 Å². The van der Waals surface area contributed by atoms with Crippen LogP contribution in [0.3, 0.4) is 0 Å². The molecule has 0 saturated carbocycles. The first kappa shape index (κ1) is 17.0. The second-order valence-electron chi connectivity index (χ2n) is 5.37. The lowest BCUT2D eigenvalue weighted by Crippen LogP contribution is -2.24. The number of oxazole rings is 1. The molecule has 26 heavy (non-hydrogen) atoms. The lowest BCUT2D eigenvalue weighted by atomic mass is 10.2. The van der Waals surface area contributed by atoms with Crippen molar-refractivity contribution in [2.45, 2.75) is 6.54 Å². The molecule has 3 rings (SSSR count). The Bertz CT molecular complexity index is 1080. The molecule has 0 saturated heterocycles. The fraction of sp³-hybridized carbons (Fsp3) is 0.0588. The summed E-state index contributed by atoms with van der Waals surface area (Å²) in [6.07, 6.45) is 0. The Morgan fingerprint density at radius 2 is 1.58 bits per heavy atom. The summed E-state index contributed by atoms with van der Waals surface area (Å²) in [5.41, 5.74) is 0.759. The SMILES string of the molecule is O=C(Cn1c(=O)oc2cc(C(=O)O)ccc21)Nc1ccc(C(=O)O)cc1. The maximum Gasteiger partial charge on any atom is 0.420 e. The summed E-state index contributed by atoms with van der Waals surface area (Å²) in [7, 11) is 0. The zero-order valence-corrected chi connectivity index (χ0v) is 13.1. The van der Waals surface area contributed by atoms with Crippen molar-refractivity contribution in [2.24, 2.45) is 0 Å². The molecular weight excluding hydrogens is 344 g/mol. The number of hydrogen-bond acceptors (Lipinski definition) is 5. The minimum absolute atomic E-state index is 0.0404. The molecule has 0 atom stereocenters. The highest BCUT2D eigenvalue weighted by Gasteiger charge is 2.15. The summed E-state index contributed by atoms with van der Waals surface area (Å²) < 4.78 is 6.05. The van der Waals surface area contributed by atoms with Crippen LogP contribution in [0.2, 0.25) is 0 Å². The van der Waals surface area contributed by atoms with Crippen molar-refractivity contribution in [3.63, 3.8) is 0 Å². The summed E-state index contributed by atoms with van der Waals surface area (Å²) in [6.45, 7) is -0.348. The summed E-state index contributed by atoms with van der Waals surface area (Å²) in [5, 5.41) is 20.3. The number of hydrogen-bond donors (Lipinski definition) is 3. The van der Waals surface area contributed by atoms with Crippen LogP contribution in [0, 0.1) is 0 Å². The Hall–Kier alpha value is -3.88. The second-order valence-corrected chi connectivity index (χ2v) is 5.37. The van der Waals surface area contributed by atoms with Crippen LogP contribution >= 0.6 is 0 Å². The number of benzene rings is 2. The topological polar surface area (TPSA) is 139 Å². The van der Waals surface area contributed by atoms with Gasteiger partial charge in [-0.1, -0.05) is 0 Å². The third-order valence-corrected chi connectivity index (χ3v) is 3.63. The van der Waals surface area contributed by atoms with Gasteiger partial charge in [0.1, 0.15) is 6.54 Å². The molecule has 2 aromatic carbocycles. The van der Waals surface area contributed by atoms with Crippen LogP contribution in [-0.2, 0) is 11.3 Å². The fourth-order valence-corrected chi connectivity index (χ4v) is 2.39. The van der Waals surface area contributed by atoms with Gasteiger partial charge in [-0.15, -0.1) is 0 Å².